The summed E-state index contributed by atoms with van der Waals surface area (Å²) in [5, 5.41) is 3.10. The monoisotopic (exact) mass is 213 g/mol. The van der Waals surface area contributed by atoms with Crippen molar-refractivity contribution in [3.05, 3.63) is 11.6 Å². The average Bonchev–Trinajstić information content (AvgIpc) is 2.67. The van der Waals surface area contributed by atoms with Crippen LogP contribution in [0, 0.1) is 5.41 Å². The SMILES string of the molecule is CCN(CC(C)(C)CN)c1nccs1. The number of aromatic nitrogens is 1. The predicted molar refractivity (Wildman–Crippen MR) is 62.8 cm³/mol. The third-order valence-corrected chi connectivity index (χ3v) is 3.08. The van der Waals surface area contributed by atoms with E-state index in [1.165, 1.54) is 0 Å². The summed E-state index contributed by atoms with van der Waals surface area (Å²) < 4.78 is 0. The smallest absolute Gasteiger partial charge is 0.185 e. The molecule has 1 aromatic rings. The van der Waals surface area contributed by atoms with E-state index in [1.807, 2.05) is 11.6 Å². The Morgan fingerprint density at radius 1 is 1.57 bits per heavy atom. The molecule has 4 heteroatoms. The summed E-state index contributed by atoms with van der Waals surface area (Å²) in [6, 6.07) is 0. The van der Waals surface area contributed by atoms with E-state index in [2.05, 4.69) is 30.7 Å². The van der Waals surface area contributed by atoms with Crippen LogP contribution in [-0.4, -0.2) is 24.6 Å². The van der Waals surface area contributed by atoms with Gasteiger partial charge in [-0.1, -0.05) is 13.8 Å². The molecule has 0 atom stereocenters. The normalized spacial score (nSPS) is 11.7. The van der Waals surface area contributed by atoms with Gasteiger partial charge in [-0.05, 0) is 18.9 Å². The van der Waals surface area contributed by atoms with Crippen molar-refractivity contribution in [3.8, 4) is 0 Å². The molecule has 0 aliphatic rings. The van der Waals surface area contributed by atoms with Crippen molar-refractivity contribution in [2.75, 3.05) is 24.5 Å². The molecule has 0 aliphatic heterocycles. The van der Waals surface area contributed by atoms with E-state index < -0.39 is 0 Å². The molecule has 0 aliphatic carbocycles. The van der Waals surface area contributed by atoms with Gasteiger partial charge in [0.05, 0.1) is 0 Å². The minimum atomic E-state index is 0.154. The third kappa shape index (κ3) is 2.96. The lowest BCUT2D eigenvalue weighted by Gasteiger charge is -2.30. The van der Waals surface area contributed by atoms with Crippen LogP contribution in [0.15, 0.2) is 11.6 Å². The van der Waals surface area contributed by atoms with Gasteiger partial charge in [0.25, 0.3) is 0 Å². The van der Waals surface area contributed by atoms with Crippen molar-refractivity contribution in [1.82, 2.24) is 4.98 Å². The highest BCUT2D eigenvalue weighted by Crippen LogP contribution is 2.22. The van der Waals surface area contributed by atoms with Crippen LogP contribution in [-0.2, 0) is 0 Å². The van der Waals surface area contributed by atoms with Crippen LogP contribution in [0.25, 0.3) is 0 Å². The lowest BCUT2D eigenvalue weighted by Crippen LogP contribution is -2.38. The maximum atomic E-state index is 5.72. The number of thiazole rings is 1. The van der Waals surface area contributed by atoms with E-state index in [0.29, 0.717) is 6.54 Å². The molecule has 0 bridgehead atoms. The van der Waals surface area contributed by atoms with Crippen molar-refractivity contribution in [3.63, 3.8) is 0 Å². The van der Waals surface area contributed by atoms with Gasteiger partial charge in [-0.15, -0.1) is 11.3 Å². The van der Waals surface area contributed by atoms with Crippen molar-refractivity contribution < 1.29 is 0 Å². The summed E-state index contributed by atoms with van der Waals surface area (Å²) in [6.45, 7) is 9.17. The highest BCUT2D eigenvalue weighted by Gasteiger charge is 2.20. The summed E-state index contributed by atoms with van der Waals surface area (Å²) in [6.07, 6.45) is 1.85. The largest absolute Gasteiger partial charge is 0.348 e. The van der Waals surface area contributed by atoms with Crippen molar-refractivity contribution in [2.24, 2.45) is 11.1 Å². The first-order valence-corrected chi connectivity index (χ1v) is 5.81. The Morgan fingerprint density at radius 3 is 2.71 bits per heavy atom. The molecular weight excluding hydrogens is 194 g/mol. The number of rotatable bonds is 5. The average molecular weight is 213 g/mol. The molecule has 0 saturated heterocycles. The topological polar surface area (TPSA) is 42.1 Å². The zero-order valence-electron chi connectivity index (χ0n) is 9.16. The van der Waals surface area contributed by atoms with Crippen molar-refractivity contribution in [2.45, 2.75) is 20.8 Å². The maximum absolute atomic E-state index is 5.72. The van der Waals surface area contributed by atoms with Gasteiger partial charge in [0.15, 0.2) is 5.13 Å². The molecule has 0 amide bonds. The molecule has 1 heterocycles. The molecule has 1 rings (SSSR count). The second-order valence-electron chi connectivity index (χ2n) is 4.20. The first-order valence-electron chi connectivity index (χ1n) is 4.93. The number of nitrogens with zero attached hydrogens (tertiary/aromatic N) is 2. The van der Waals surface area contributed by atoms with Crippen molar-refractivity contribution in [1.29, 1.82) is 0 Å². The Balaban J connectivity index is 2.65. The molecule has 14 heavy (non-hydrogen) atoms. The summed E-state index contributed by atoms with van der Waals surface area (Å²) in [4.78, 5) is 6.58. The second-order valence-corrected chi connectivity index (χ2v) is 5.07. The van der Waals surface area contributed by atoms with Gasteiger partial charge in [-0.2, -0.15) is 0 Å². The molecule has 0 spiro atoms. The van der Waals surface area contributed by atoms with Crippen LogP contribution in [0.2, 0.25) is 0 Å². The molecule has 0 unspecified atom stereocenters. The molecular formula is C10H19N3S. The zero-order valence-corrected chi connectivity index (χ0v) is 9.97. The fourth-order valence-electron chi connectivity index (χ4n) is 1.27. The summed E-state index contributed by atoms with van der Waals surface area (Å²) in [5.74, 6) is 0. The van der Waals surface area contributed by atoms with Crippen LogP contribution in [0.1, 0.15) is 20.8 Å². The van der Waals surface area contributed by atoms with Gasteiger partial charge < -0.3 is 10.6 Å². The fraction of sp³-hybridized carbons (Fsp3) is 0.700. The minimum Gasteiger partial charge on any atom is -0.348 e. The van der Waals surface area contributed by atoms with Gasteiger partial charge in [0, 0.05) is 24.7 Å². The van der Waals surface area contributed by atoms with Crippen LogP contribution >= 0.6 is 11.3 Å². The van der Waals surface area contributed by atoms with Crippen LogP contribution in [0.4, 0.5) is 5.13 Å². The van der Waals surface area contributed by atoms with Gasteiger partial charge in [0.1, 0.15) is 0 Å². The molecule has 3 nitrogen and oxygen atoms in total. The maximum Gasteiger partial charge on any atom is 0.185 e. The Morgan fingerprint density at radius 2 is 2.29 bits per heavy atom. The Bertz CT molecular complexity index is 256. The van der Waals surface area contributed by atoms with E-state index >= 15 is 0 Å². The summed E-state index contributed by atoms with van der Waals surface area (Å²) in [7, 11) is 0. The number of hydrogen-bond donors (Lipinski definition) is 1. The van der Waals surface area contributed by atoms with Crippen LogP contribution < -0.4 is 10.6 Å². The molecule has 80 valence electrons. The lowest BCUT2D eigenvalue weighted by atomic mass is 9.93. The number of hydrogen-bond acceptors (Lipinski definition) is 4. The first-order chi connectivity index (χ1) is 6.59. The van der Waals surface area contributed by atoms with Crippen LogP contribution in [0.5, 0.6) is 0 Å². The third-order valence-electron chi connectivity index (χ3n) is 2.24. The second kappa shape index (κ2) is 4.75. The van der Waals surface area contributed by atoms with Gasteiger partial charge in [-0.3, -0.25) is 0 Å². The molecule has 0 radical (unpaired) electrons. The van der Waals surface area contributed by atoms with E-state index in [9.17, 15) is 0 Å². The number of nitrogens with two attached hydrogens (primary N) is 1. The Hall–Kier alpha value is -0.610. The van der Waals surface area contributed by atoms with Crippen molar-refractivity contribution >= 4 is 16.5 Å². The Kier molecular flexibility index (Phi) is 3.89. The standard InChI is InChI=1S/C10H19N3S/c1-4-13(8-10(2,3)7-11)9-12-5-6-14-9/h5-6H,4,7-8,11H2,1-3H3. The highest BCUT2D eigenvalue weighted by atomic mass is 32.1. The predicted octanol–water partition coefficient (Wildman–Crippen LogP) is 1.95. The quantitative estimate of drug-likeness (QED) is 0.813. The van der Waals surface area contributed by atoms with Gasteiger partial charge >= 0.3 is 0 Å². The van der Waals surface area contributed by atoms with E-state index in [4.69, 9.17) is 5.73 Å². The van der Waals surface area contributed by atoms with Gasteiger partial charge in [-0.25, -0.2) is 4.98 Å². The lowest BCUT2D eigenvalue weighted by molar-refractivity contribution is 0.379. The zero-order chi connectivity index (χ0) is 10.6. The molecule has 1 aromatic heterocycles. The summed E-state index contributed by atoms with van der Waals surface area (Å²) in [5.41, 5.74) is 5.87. The first kappa shape index (κ1) is 11.5. The van der Waals surface area contributed by atoms with Gasteiger partial charge in [0.2, 0.25) is 0 Å². The number of anilines is 1. The molecule has 0 saturated carbocycles. The highest BCUT2D eigenvalue weighted by molar-refractivity contribution is 7.13. The fourth-order valence-corrected chi connectivity index (χ4v) is 1.98. The van der Waals surface area contributed by atoms with Crippen LogP contribution in [0.3, 0.4) is 0 Å². The van der Waals surface area contributed by atoms with E-state index in [-0.39, 0.29) is 5.41 Å². The Labute approximate surface area is 89.9 Å². The van der Waals surface area contributed by atoms with E-state index in [1.54, 1.807) is 11.3 Å². The molecule has 0 fully saturated rings. The summed E-state index contributed by atoms with van der Waals surface area (Å²) >= 11 is 1.68. The van der Waals surface area contributed by atoms with E-state index in [0.717, 1.165) is 18.2 Å². The molecule has 0 aromatic carbocycles. The molecule has 2 N–H and O–H groups in total. The minimum absolute atomic E-state index is 0.154.